The van der Waals surface area contributed by atoms with E-state index >= 15 is 0 Å². The summed E-state index contributed by atoms with van der Waals surface area (Å²) in [5, 5.41) is 3.32. The molecule has 1 N–H and O–H groups in total. The Morgan fingerprint density at radius 1 is 1.11 bits per heavy atom. The molecule has 0 fully saturated rings. The van der Waals surface area contributed by atoms with Gasteiger partial charge in [-0.25, -0.2) is 0 Å². The highest BCUT2D eigenvalue weighted by molar-refractivity contribution is 5.58. The van der Waals surface area contributed by atoms with Crippen molar-refractivity contribution in [3.8, 4) is 0 Å². The summed E-state index contributed by atoms with van der Waals surface area (Å²) in [5.74, 6) is 0. The number of anilines is 1. The molecule has 1 unspecified atom stereocenters. The molecule has 1 aromatic carbocycles. The highest BCUT2D eigenvalue weighted by atomic mass is 19.4. The summed E-state index contributed by atoms with van der Waals surface area (Å²) in [4.78, 5) is 0. The van der Waals surface area contributed by atoms with Crippen LogP contribution in [0.3, 0.4) is 0 Å². The number of rotatable bonds is 5. The molecule has 19 heavy (non-hydrogen) atoms. The molecule has 0 radical (unpaired) electrons. The molecule has 1 nitrogen and oxygen atoms in total. The van der Waals surface area contributed by atoms with Crippen molar-refractivity contribution in [1.82, 2.24) is 0 Å². The lowest BCUT2D eigenvalue weighted by Crippen LogP contribution is -2.18. The molecule has 0 saturated carbocycles. The van der Waals surface area contributed by atoms with Gasteiger partial charge in [-0.1, -0.05) is 17.7 Å². The Labute approximate surface area is 113 Å². The minimum absolute atomic E-state index is 0.0439. The van der Waals surface area contributed by atoms with Crippen molar-refractivity contribution in [3.05, 3.63) is 28.8 Å². The van der Waals surface area contributed by atoms with Crippen molar-refractivity contribution in [1.29, 1.82) is 0 Å². The van der Waals surface area contributed by atoms with E-state index in [-0.39, 0.29) is 12.5 Å². The molecule has 0 aliphatic heterocycles. The molecule has 0 heterocycles. The number of hydrogen-bond acceptors (Lipinski definition) is 1. The molecule has 4 heteroatoms. The first-order valence-electron chi connectivity index (χ1n) is 6.60. The zero-order chi connectivity index (χ0) is 14.6. The van der Waals surface area contributed by atoms with Gasteiger partial charge in [0.2, 0.25) is 0 Å². The molecular weight excluding hydrogens is 251 g/mol. The second-order valence-electron chi connectivity index (χ2n) is 5.33. The van der Waals surface area contributed by atoms with Gasteiger partial charge in [0.25, 0.3) is 0 Å². The zero-order valence-corrected chi connectivity index (χ0v) is 12.0. The van der Waals surface area contributed by atoms with Gasteiger partial charge in [-0.2, -0.15) is 13.2 Å². The van der Waals surface area contributed by atoms with E-state index in [1.807, 2.05) is 27.7 Å². The van der Waals surface area contributed by atoms with E-state index in [9.17, 15) is 13.2 Å². The molecule has 0 aromatic heterocycles. The largest absolute Gasteiger partial charge is 0.389 e. The molecule has 1 atom stereocenters. The average molecular weight is 273 g/mol. The summed E-state index contributed by atoms with van der Waals surface area (Å²) in [6.45, 7) is 8.00. The maximum atomic E-state index is 12.1. The number of hydrogen-bond donors (Lipinski definition) is 1. The second kappa shape index (κ2) is 6.31. The van der Waals surface area contributed by atoms with Gasteiger partial charge in [0, 0.05) is 18.2 Å². The lowest BCUT2D eigenvalue weighted by atomic mass is 10.0. The van der Waals surface area contributed by atoms with E-state index in [0.29, 0.717) is 6.42 Å². The Morgan fingerprint density at radius 2 is 1.63 bits per heavy atom. The van der Waals surface area contributed by atoms with Crippen molar-refractivity contribution < 1.29 is 13.2 Å². The van der Waals surface area contributed by atoms with Gasteiger partial charge >= 0.3 is 6.18 Å². The van der Waals surface area contributed by atoms with Crippen LogP contribution in [0.5, 0.6) is 0 Å². The van der Waals surface area contributed by atoms with Gasteiger partial charge in [-0.15, -0.1) is 0 Å². The summed E-state index contributed by atoms with van der Waals surface area (Å²) < 4.78 is 36.3. The van der Waals surface area contributed by atoms with Gasteiger partial charge in [-0.05, 0) is 51.7 Å². The molecule has 0 saturated heterocycles. The van der Waals surface area contributed by atoms with Crippen LogP contribution in [-0.2, 0) is 0 Å². The lowest BCUT2D eigenvalue weighted by Gasteiger charge is -2.20. The average Bonchev–Trinajstić information content (AvgIpc) is 2.21. The number of benzene rings is 1. The summed E-state index contributed by atoms with van der Waals surface area (Å²) in [6, 6.07) is 4.21. The van der Waals surface area contributed by atoms with Crippen LogP contribution < -0.4 is 5.32 Å². The Balaban J connectivity index is 2.55. The quantitative estimate of drug-likeness (QED) is 0.782. The predicted molar refractivity (Wildman–Crippen MR) is 73.6 cm³/mol. The highest BCUT2D eigenvalue weighted by Gasteiger charge is 2.26. The normalized spacial score (nSPS) is 13.4. The fourth-order valence-corrected chi connectivity index (χ4v) is 2.33. The van der Waals surface area contributed by atoms with Crippen LogP contribution in [0.4, 0.5) is 18.9 Å². The van der Waals surface area contributed by atoms with Crippen LogP contribution in [-0.4, -0.2) is 12.2 Å². The van der Waals surface area contributed by atoms with Crippen molar-refractivity contribution in [2.75, 3.05) is 5.32 Å². The Hall–Kier alpha value is -1.19. The van der Waals surface area contributed by atoms with E-state index in [0.717, 1.165) is 16.8 Å². The van der Waals surface area contributed by atoms with E-state index in [2.05, 4.69) is 17.4 Å². The highest BCUT2D eigenvalue weighted by Crippen LogP contribution is 2.25. The molecule has 0 spiro atoms. The van der Waals surface area contributed by atoms with Crippen LogP contribution in [0.15, 0.2) is 12.1 Å². The zero-order valence-electron chi connectivity index (χ0n) is 12.0. The van der Waals surface area contributed by atoms with Gasteiger partial charge in [0.05, 0.1) is 0 Å². The van der Waals surface area contributed by atoms with Gasteiger partial charge in [0.15, 0.2) is 0 Å². The number of aryl methyl sites for hydroxylation is 3. The molecule has 0 aliphatic rings. The van der Waals surface area contributed by atoms with Crippen molar-refractivity contribution in [2.45, 2.75) is 59.2 Å². The molecule has 108 valence electrons. The maximum Gasteiger partial charge on any atom is 0.389 e. The molecule has 1 rings (SSSR count). The first-order valence-corrected chi connectivity index (χ1v) is 6.60. The van der Waals surface area contributed by atoms with Crippen LogP contribution in [0, 0.1) is 20.8 Å². The minimum Gasteiger partial charge on any atom is -0.382 e. The predicted octanol–water partition coefficient (Wildman–Crippen LogP) is 5.14. The van der Waals surface area contributed by atoms with E-state index in [1.165, 1.54) is 5.56 Å². The molecular formula is C15H22F3N. The summed E-state index contributed by atoms with van der Waals surface area (Å²) in [5.41, 5.74) is 4.52. The van der Waals surface area contributed by atoms with Crippen molar-refractivity contribution >= 4 is 5.69 Å². The van der Waals surface area contributed by atoms with Gasteiger partial charge in [-0.3, -0.25) is 0 Å². The third-order valence-electron chi connectivity index (χ3n) is 3.17. The first kappa shape index (κ1) is 15.9. The second-order valence-corrected chi connectivity index (χ2v) is 5.33. The monoisotopic (exact) mass is 273 g/mol. The van der Waals surface area contributed by atoms with E-state index in [1.54, 1.807) is 0 Å². The summed E-state index contributed by atoms with van der Waals surface area (Å²) in [6.07, 6.45) is -4.06. The molecule has 0 amide bonds. The number of nitrogens with one attached hydrogen (secondary N) is 1. The van der Waals surface area contributed by atoms with Crippen molar-refractivity contribution in [3.63, 3.8) is 0 Å². The Kier molecular flexibility index (Phi) is 5.27. The molecule has 0 bridgehead atoms. The first-order chi connectivity index (χ1) is 8.69. The van der Waals surface area contributed by atoms with Gasteiger partial charge < -0.3 is 5.32 Å². The van der Waals surface area contributed by atoms with Crippen LogP contribution >= 0.6 is 0 Å². The minimum atomic E-state index is -4.05. The summed E-state index contributed by atoms with van der Waals surface area (Å²) in [7, 11) is 0. The Bertz CT molecular complexity index is 401. The summed E-state index contributed by atoms with van der Waals surface area (Å²) >= 11 is 0. The topological polar surface area (TPSA) is 12.0 Å². The Morgan fingerprint density at radius 3 is 2.11 bits per heavy atom. The van der Waals surface area contributed by atoms with Crippen LogP contribution in [0.1, 0.15) is 42.9 Å². The van der Waals surface area contributed by atoms with E-state index < -0.39 is 12.6 Å². The molecule has 1 aromatic rings. The van der Waals surface area contributed by atoms with E-state index in [4.69, 9.17) is 0 Å². The maximum absolute atomic E-state index is 12.1. The SMILES string of the molecule is Cc1cc(C)c(NC(C)CCCC(F)(F)F)c(C)c1. The standard InChI is InChI=1S/C15H22F3N/c1-10-8-11(2)14(12(3)9-10)19-13(4)6-5-7-15(16,17)18/h8-9,13,19H,5-7H2,1-4H3. The lowest BCUT2D eigenvalue weighted by molar-refractivity contribution is -0.135. The number of alkyl halides is 3. The van der Waals surface area contributed by atoms with Crippen LogP contribution in [0.2, 0.25) is 0 Å². The third kappa shape index (κ3) is 5.53. The van der Waals surface area contributed by atoms with Crippen LogP contribution in [0.25, 0.3) is 0 Å². The van der Waals surface area contributed by atoms with Gasteiger partial charge in [0.1, 0.15) is 0 Å². The number of halogens is 3. The van der Waals surface area contributed by atoms with Crippen molar-refractivity contribution in [2.24, 2.45) is 0 Å². The molecule has 0 aliphatic carbocycles. The smallest absolute Gasteiger partial charge is 0.382 e. The fraction of sp³-hybridized carbons (Fsp3) is 0.600. The fourth-order valence-electron chi connectivity index (χ4n) is 2.33. The third-order valence-corrected chi connectivity index (χ3v) is 3.17.